The highest BCUT2D eigenvalue weighted by Crippen LogP contribution is 2.23. The molecular weight excluding hydrogens is 364 g/mol. The van der Waals surface area contributed by atoms with Gasteiger partial charge in [0.15, 0.2) is 9.84 Å². The van der Waals surface area contributed by atoms with Crippen LogP contribution in [0.25, 0.3) is 16.9 Å². The van der Waals surface area contributed by atoms with Crippen LogP contribution >= 0.6 is 0 Å². The van der Waals surface area contributed by atoms with Crippen LogP contribution in [0.5, 0.6) is 0 Å². The molecule has 0 bridgehead atoms. The molecule has 0 spiro atoms. The first-order valence-electron chi connectivity index (χ1n) is 8.87. The number of rotatable bonds is 4. The lowest BCUT2D eigenvalue weighted by Crippen LogP contribution is -2.44. The van der Waals surface area contributed by atoms with Crippen molar-refractivity contribution in [2.45, 2.75) is 18.7 Å². The molecule has 1 atom stereocenters. The number of sulfone groups is 1. The number of morpholine rings is 1. The van der Waals surface area contributed by atoms with Crippen molar-refractivity contribution < 1.29 is 13.2 Å². The Kier molecular flexibility index (Phi) is 4.61. The quantitative estimate of drug-likeness (QED) is 0.684. The molecule has 2 aromatic heterocycles. The molecule has 0 unspecified atom stereocenters. The Hall–Kier alpha value is -2.45. The summed E-state index contributed by atoms with van der Waals surface area (Å²) in [5, 5.41) is 1.08. The molecule has 142 valence electrons. The van der Waals surface area contributed by atoms with Crippen LogP contribution in [0.15, 0.2) is 42.6 Å². The van der Waals surface area contributed by atoms with Crippen molar-refractivity contribution in [1.29, 1.82) is 0 Å². The smallest absolute Gasteiger partial charge is 0.236 e. The van der Waals surface area contributed by atoms with Gasteiger partial charge in [-0.3, -0.25) is 4.57 Å². The van der Waals surface area contributed by atoms with E-state index in [0.29, 0.717) is 31.4 Å². The van der Waals surface area contributed by atoms with Crippen molar-refractivity contribution in [3.63, 3.8) is 0 Å². The lowest BCUT2D eigenvalue weighted by atomic mass is 10.2. The van der Waals surface area contributed by atoms with Gasteiger partial charge in [0, 0.05) is 30.4 Å². The van der Waals surface area contributed by atoms with Gasteiger partial charge in [-0.25, -0.2) is 13.4 Å². The molecule has 1 fully saturated rings. The lowest BCUT2D eigenvalue weighted by molar-refractivity contribution is 0.0985. The van der Waals surface area contributed by atoms with Gasteiger partial charge in [-0.15, -0.1) is 0 Å². The maximum absolute atomic E-state index is 11.9. The predicted octanol–water partition coefficient (Wildman–Crippen LogP) is 2.19. The zero-order valence-corrected chi connectivity index (χ0v) is 16.2. The van der Waals surface area contributed by atoms with E-state index >= 15 is 0 Å². The van der Waals surface area contributed by atoms with Crippen LogP contribution in [0.4, 0.5) is 5.82 Å². The molecule has 7 nitrogen and oxygen atoms in total. The zero-order chi connectivity index (χ0) is 19.0. The second-order valence-electron chi connectivity index (χ2n) is 6.95. The lowest BCUT2D eigenvalue weighted by Gasteiger charge is -2.34. The Morgan fingerprint density at radius 2 is 2.04 bits per heavy atom. The highest BCUT2D eigenvalue weighted by Gasteiger charge is 2.22. The standard InChI is InChI=1S/C19H22N4O3S/c1-14-12-26-10-9-22(14)18-11-16(13-27(2,24)25)20-19(21-18)23-8-7-15-5-3-4-6-17(15)23/h3-8,11,14H,9-10,12-13H2,1-2H3/t14-/m1/s1. The van der Waals surface area contributed by atoms with E-state index in [1.807, 2.05) is 41.1 Å². The summed E-state index contributed by atoms with van der Waals surface area (Å²) < 4.78 is 31.1. The molecule has 1 saturated heterocycles. The van der Waals surface area contributed by atoms with Crippen LogP contribution in [0.2, 0.25) is 0 Å². The number of para-hydroxylation sites is 1. The Labute approximate surface area is 158 Å². The van der Waals surface area contributed by atoms with E-state index in [1.54, 1.807) is 6.07 Å². The van der Waals surface area contributed by atoms with Crippen molar-refractivity contribution in [3.8, 4) is 5.95 Å². The van der Waals surface area contributed by atoms with Crippen molar-refractivity contribution in [2.24, 2.45) is 0 Å². The Morgan fingerprint density at radius 1 is 1.22 bits per heavy atom. The number of ether oxygens (including phenoxy) is 1. The van der Waals surface area contributed by atoms with E-state index < -0.39 is 9.84 Å². The van der Waals surface area contributed by atoms with Crippen molar-refractivity contribution in [3.05, 3.63) is 48.3 Å². The maximum atomic E-state index is 11.9. The van der Waals surface area contributed by atoms with Gasteiger partial charge in [0.05, 0.1) is 36.2 Å². The molecule has 3 aromatic rings. The number of anilines is 1. The van der Waals surface area contributed by atoms with Crippen molar-refractivity contribution in [1.82, 2.24) is 14.5 Å². The van der Waals surface area contributed by atoms with Crippen LogP contribution < -0.4 is 4.90 Å². The summed E-state index contributed by atoms with van der Waals surface area (Å²) in [4.78, 5) is 11.4. The molecule has 1 aromatic carbocycles. The molecular formula is C19H22N4O3S. The number of hydrogen-bond acceptors (Lipinski definition) is 6. The topological polar surface area (TPSA) is 77.3 Å². The number of benzene rings is 1. The molecule has 4 rings (SSSR count). The average Bonchev–Trinajstić information content (AvgIpc) is 3.04. The summed E-state index contributed by atoms with van der Waals surface area (Å²) in [5.41, 5.74) is 1.48. The van der Waals surface area contributed by atoms with E-state index in [0.717, 1.165) is 16.7 Å². The van der Waals surface area contributed by atoms with Gasteiger partial charge < -0.3 is 9.64 Å². The normalized spacial score (nSPS) is 18.1. The van der Waals surface area contributed by atoms with Crippen LogP contribution in [0.3, 0.4) is 0 Å². The van der Waals surface area contributed by atoms with Crippen molar-refractivity contribution in [2.75, 3.05) is 30.9 Å². The zero-order valence-electron chi connectivity index (χ0n) is 15.4. The van der Waals surface area contributed by atoms with E-state index in [-0.39, 0.29) is 11.8 Å². The fourth-order valence-corrected chi connectivity index (χ4v) is 4.08. The first-order chi connectivity index (χ1) is 12.9. The first-order valence-corrected chi connectivity index (χ1v) is 10.9. The largest absolute Gasteiger partial charge is 0.377 e. The van der Waals surface area contributed by atoms with Gasteiger partial charge in [-0.1, -0.05) is 18.2 Å². The van der Waals surface area contributed by atoms with Gasteiger partial charge in [-0.2, -0.15) is 4.98 Å². The summed E-state index contributed by atoms with van der Waals surface area (Å²) in [7, 11) is -3.21. The number of nitrogens with zero attached hydrogens (tertiary/aromatic N) is 4. The Balaban J connectivity index is 1.85. The van der Waals surface area contributed by atoms with E-state index in [9.17, 15) is 8.42 Å². The minimum absolute atomic E-state index is 0.118. The Bertz CT molecular complexity index is 1080. The third-order valence-corrected chi connectivity index (χ3v) is 5.46. The Morgan fingerprint density at radius 3 is 2.81 bits per heavy atom. The van der Waals surface area contributed by atoms with E-state index in [4.69, 9.17) is 9.72 Å². The average molecular weight is 386 g/mol. The first kappa shape index (κ1) is 17.9. The molecule has 0 saturated carbocycles. The number of fused-ring (bicyclic) bond motifs is 1. The maximum Gasteiger partial charge on any atom is 0.236 e. The minimum Gasteiger partial charge on any atom is -0.377 e. The van der Waals surface area contributed by atoms with Gasteiger partial charge >= 0.3 is 0 Å². The van der Waals surface area contributed by atoms with Gasteiger partial charge in [0.2, 0.25) is 5.95 Å². The molecule has 1 aliphatic rings. The molecule has 0 N–H and O–H groups in total. The molecule has 8 heteroatoms. The third kappa shape index (κ3) is 3.81. The van der Waals surface area contributed by atoms with Gasteiger partial charge in [0.1, 0.15) is 5.82 Å². The molecule has 0 aliphatic carbocycles. The summed E-state index contributed by atoms with van der Waals surface area (Å²) >= 11 is 0. The fourth-order valence-electron chi connectivity index (χ4n) is 3.39. The fraction of sp³-hybridized carbons (Fsp3) is 0.368. The molecule has 1 aliphatic heterocycles. The monoisotopic (exact) mass is 386 g/mol. The molecule has 3 heterocycles. The van der Waals surface area contributed by atoms with Gasteiger partial charge in [0.25, 0.3) is 0 Å². The number of aromatic nitrogens is 3. The van der Waals surface area contributed by atoms with Crippen LogP contribution in [-0.2, 0) is 20.3 Å². The highest BCUT2D eigenvalue weighted by molar-refractivity contribution is 7.89. The highest BCUT2D eigenvalue weighted by atomic mass is 32.2. The summed E-state index contributed by atoms with van der Waals surface area (Å²) in [6.45, 7) is 4.02. The van der Waals surface area contributed by atoms with Crippen LogP contribution in [-0.4, -0.2) is 55.0 Å². The summed E-state index contributed by atoms with van der Waals surface area (Å²) in [6, 6.07) is 11.9. The summed E-state index contributed by atoms with van der Waals surface area (Å²) in [5.74, 6) is 1.09. The predicted molar refractivity (Wildman–Crippen MR) is 105 cm³/mol. The second-order valence-corrected chi connectivity index (χ2v) is 9.09. The second kappa shape index (κ2) is 6.94. The number of hydrogen-bond donors (Lipinski definition) is 0. The SMILES string of the molecule is C[C@@H]1COCCN1c1cc(CS(C)(=O)=O)nc(-n2ccc3ccccc32)n1. The molecule has 0 amide bonds. The summed E-state index contributed by atoms with van der Waals surface area (Å²) in [6.07, 6.45) is 3.13. The van der Waals surface area contributed by atoms with Crippen molar-refractivity contribution >= 4 is 26.6 Å². The molecule has 0 radical (unpaired) electrons. The van der Waals surface area contributed by atoms with Gasteiger partial charge in [-0.05, 0) is 19.1 Å². The third-order valence-electron chi connectivity index (χ3n) is 4.64. The minimum atomic E-state index is -3.21. The molecule has 27 heavy (non-hydrogen) atoms. The van der Waals surface area contributed by atoms with E-state index in [2.05, 4.69) is 16.8 Å². The van der Waals surface area contributed by atoms with Crippen LogP contribution in [0.1, 0.15) is 12.6 Å². The van der Waals surface area contributed by atoms with Crippen LogP contribution in [0, 0.1) is 0 Å². The van der Waals surface area contributed by atoms with E-state index in [1.165, 1.54) is 6.26 Å².